The number of likely N-dealkylation sites (N-methyl/N-ethyl adjacent to an activating group) is 1. The van der Waals surface area contributed by atoms with E-state index in [1.54, 1.807) is 37.4 Å². The number of aromatic nitrogens is 1. The van der Waals surface area contributed by atoms with E-state index >= 15 is 0 Å². The second-order valence-corrected chi connectivity index (χ2v) is 6.05. The number of carbonyl (C=O) groups is 2. The summed E-state index contributed by atoms with van der Waals surface area (Å²) in [7, 11) is 3.32. The Morgan fingerprint density at radius 2 is 2.19 bits per heavy atom. The molecule has 1 atom stereocenters. The van der Waals surface area contributed by atoms with E-state index in [-0.39, 0.29) is 31.0 Å². The summed E-state index contributed by atoms with van der Waals surface area (Å²) in [4.78, 5) is 32.1. The Bertz CT molecular complexity index is 824. The highest BCUT2D eigenvalue weighted by atomic mass is 16.5. The number of ether oxygens (including phenoxy) is 2. The van der Waals surface area contributed by atoms with Crippen LogP contribution in [0.3, 0.4) is 0 Å². The van der Waals surface area contributed by atoms with Crippen molar-refractivity contribution in [2.45, 2.75) is 13.0 Å². The number of amides is 2. The molecule has 2 heterocycles. The fourth-order valence-corrected chi connectivity index (χ4v) is 2.78. The van der Waals surface area contributed by atoms with Crippen LogP contribution in [-0.4, -0.2) is 49.0 Å². The first-order valence-corrected chi connectivity index (χ1v) is 8.29. The van der Waals surface area contributed by atoms with Crippen molar-refractivity contribution < 1.29 is 19.1 Å². The minimum Gasteiger partial charge on any atom is -0.497 e. The quantitative estimate of drug-likeness (QED) is 0.821. The third-order valence-electron chi connectivity index (χ3n) is 4.50. The zero-order valence-corrected chi connectivity index (χ0v) is 15.0. The molecule has 0 radical (unpaired) electrons. The molecule has 0 N–H and O–H groups in total. The third kappa shape index (κ3) is 3.46. The Labute approximate surface area is 152 Å². The molecule has 2 amide bonds. The second kappa shape index (κ2) is 7.43. The van der Waals surface area contributed by atoms with E-state index in [1.165, 1.54) is 4.90 Å². The molecule has 1 aliphatic heterocycles. The normalized spacial score (nSPS) is 14.3. The Kier molecular flexibility index (Phi) is 5.06. The largest absolute Gasteiger partial charge is 0.497 e. The van der Waals surface area contributed by atoms with Gasteiger partial charge in [0.1, 0.15) is 12.3 Å². The van der Waals surface area contributed by atoms with E-state index in [9.17, 15) is 9.59 Å². The molecule has 136 valence electrons. The van der Waals surface area contributed by atoms with E-state index < -0.39 is 0 Å². The number of pyridine rings is 1. The maximum atomic E-state index is 12.8. The van der Waals surface area contributed by atoms with Gasteiger partial charge in [-0.15, -0.1) is 0 Å². The van der Waals surface area contributed by atoms with Crippen LogP contribution in [-0.2, 0) is 9.59 Å². The maximum Gasteiger partial charge on any atom is 0.266 e. The van der Waals surface area contributed by atoms with Gasteiger partial charge >= 0.3 is 0 Å². The van der Waals surface area contributed by atoms with Crippen molar-refractivity contribution in [3.05, 3.63) is 48.2 Å². The molecule has 2 aromatic rings. The van der Waals surface area contributed by atoms with Gasteiger partial charge in [0.2, 0.25) is 5.91 Å². The van der Waals surface area contributed by atoms with Crippen molar-refractivity contribution in [1.82, 2.24) is 9.88 Å². The lowest BCUT2D eigenvalue weighted by atomic mass is 10.1. The first-order valence-electron chi connectivity index (χ1n) is 8.29. The number of hydrogen-bond donors (Lipinski definition) is 0. The van der Waals surface area contributed by atoms with Crippen LogP contribution in [0.1, 0.15) is 18.5 Å². The number of nitrogens with zero attached hydrogens (tertiary/aromatic N) is 3. The number of benzene rings is 1. The predicted molar refractivity (Wildman–Crippen MR) is 96.3 cm³/mol. The molecule has 0 saturated carbocycles. The summed E-state index contributed by atoms with van der Waals surface area (Å²) in [5.41, 5.74) is 0.951. The number of fused-ring (bicyclic) bond motifs is 1. The molecule has 0 aliphatic carbocycles. The van der Waals surface area contributed by atoms with Crippen LogP contribution in [0, 0.1) is 0 Å². The van der Waals surface area contributed by atoms with Gasteiger partial charge in [-0.05, 0) is 36.8 Å². The summed E-state index contributed by atoms with van der Waals surface area (Å²) in [6, 6.07) is 10.9. The standard InChI is InChI=1S/C19H21N3O4/c1-13(14-6-4-7-15(10-14)25-3)21(2)17(23)11-22-18(24)12-26-16-8-5-9-20-19(16)22/h4-10,13H,11-12H2,1-3H3/t13-/m0/s1. The van der Waals surface area contributed by atoms with Crippen molar-refractivity contribution >= 4 is 17.6 Å². The fraction of sp³-hybridized carbons (Fsp3) is 0.316. The van der Waals surface area contributed by atoms with E-state index in [0.29, 0.717) is 11.6 Å². The fourth-order valence-electron chi connectivity index (χ4n) is 2.78. The van der Waals surface area contributed by atoms with Gasteiger partial charge in [0.05, 0.1) is 13.2 Å². The van der Waals surface area contributed by atoms with Crippen molar-refractivity contribution in [3.63, 3.8) is 0 Å². The molecule has 0 spiro atoms. The van der Waals surface area contributed by atoms with Crippen LogP contribution < -0.4 is 14.4 Å². The van der Waals surface area contributed by atoms with Gasteiger partial charge in [0.25, 0.3) is 5.91 Å². The highest BCUT2D eigenvalue weighted by Gasteiger charge is 2.30. The summed E-state index contributed by atoms with van der Waals surface area (Å²) in [6.07, 6.45) is 1.57. The van der Waals surface area contributed by atoms with Gasteiger partial charge in [-0.2, -0.15) is 0 Å². The molecular weight excluding hydrogens is 334 g/mol. The minimum absolute atomic E-state index is 0.0863. The van der Waals surface area contributed by atoms with E-state index in [4.69, 9.17) is 9.47 Å². The van der Waals surface area contributed by atoms with E-state index in [2.05, 4.69) is 4.98 Å². The maximum absolute atomic E-state index is 12.8. The molecule has 0 fully saturated rings. The van der Waals surface area contributed by atoms with Crippen LogP contribution in [0.25, 0.3) is 0 Å². The van der Waals surface area contributed by atoms with Gasteiger partial charge in [-0.3, -0.25) is 14.5 Å². The predicted octanol–water partition coefficient (Wildman–Crippen LogP) is 2.04. The molecule has 1 aliphatic rings. The number of rotatable bonds is 5. The molecule has 0 bridgehead atoms. The monoisotopic (exact) mass is 355 g/mol. The molecular formula is C19H21N3O4. The topological polar surface area (TPSA) is 72.0 Å². The zero-order valence-electron chi connectivity index (χ0n) is 15.0. The molecule has 1 aromatic carbocycles. The lowest BCUT2D eigenvalue weighted by molar-refractivity contribution is -0.132. The molecule has 7 nitrogen and oxygen atoms in total. The zero-order chi connectivity index (χ0) is 18.7. The Balaban J connectivity index is 1.76. The van der Waals surface area contributed by atoms with Crippen LogP contribution >= 0.6 is 0 Å². The van der Waals surface area contributed by atoms with Crippen LogP contribution in [0.15, 0.2) is 42.6 Å². The average Bonchev–Trinajstić information content (AvgIpc) is 2.68. The summed E-state index contributed by atoms with van der Waals surface area (Å²) < 4.78 is 10.6. The van der Waals surface area contributed by atoms with Gasteiger partial charge in [-0.1, -0.05) is 12.1 Å². The number of hydrogen-bond acceptors (Lipinski definition) is 5. The Morgan fingerprint density at radius 3 is 2.96 bits per heavy atom. The molecule has 7 heteroatoms. The molecule has 1 aromatic heterocycles. The lowest BCUT2D eigenvalue weighted by Gasteiger charge is -2.31. The third-order valence-corrected chi connectivity index (χ3v) is 4.50. The smallest absolute Gasteiger partial charge is 0.266 e. The minimum atomic E-state index is -0.285. The summed E-state index contributed by atoms with van der Waals surface area (Å²) in [6.45, 7) is 1.75. The molecule has 0 unspecified atom stereocenters. The Morgan fingerprint density at radius 1 is 1.38 bits per heavy atom. The highest BCUT2D eigenvalue weighted by Crippen LogP contribution is 2.29. The number of carbonyl (C=O) groups excluding carboxylic acids is 2. The molecule has 3 rings (SSSR count). The van der Waals surface area contributed by atoms with Crippen molar-refractivity contribution in [2.24, 2.45) is 0 Å². The van der Waals surface area contributed by atoms with Crippen LogP contribution in [0.4, 0.5) is 5.82 Å². The van der Waals surface area contributed by atoms with E-state index in [1.807, 2.05) is 31.2 Å². The molecule has 26 heavy (non-hydrogen) atoms. The van der Waals surface area contributed by atoms with Gasteiger partial charge < -0.3 is 14.4 Å². The summed E-state index contributed by atoms with van der Waals surface area (Å²) >= 11 is 0. The second-order valence-electron chi connectivity index (χ2n) is 6.05. The number of methoxy groups -OCH3 is 1. The van der Waals surface area contributed by atoms with Gasteiger partial charge in [0.15, 0.2) is 18.2 Å². The van der Waals surface area contributed by atoms with Crippen molar-refractivity contribution in [1.29, 1.82) is 0 Å². The summed E-state index contributed by atoms with van der Waals surface area (Å²) in [5.74, 6) is 1.14. The van der Waals surface area contributed by atoms with Crippen LogP contribution in [0.5, 0.6) is 11.5 Å². The SMILES string of the molecule is COc1cccc([C@H](C)N(C)C(=O)CN2C(=O)COc3cccnc32)c1. The van der Waals surface area contributed by atoms with Gasteiger partial charge in [-0.25, -0.2) is 4.98 Å². The first-order chi connectivity index (χ1) is 12.5. The molecule has 0 saturated heterocycles. The lowest BCUT2D eigenvalue weighted by Crippen LogP contribution is -2.46. The first kappa shape index (κ1) is 17.7. The highest BCUT2D eigenvalue weighted by molar-refractivity contribution is 6.01. The summed E-state index contributed by atoms with van der Waals surface area (Å²) in [5, 5.41) is 0. The number of anilines is 1. The van der Waals surface area contributed by atoms with Gasteiger partial charge in [0, 0.05) is 13.2 Å². The van der Waals surface area contributed by atoms with E-state index in [0.717, 1.165) is 11.3 Å². The van der Waals surface area contributed by atoms with Crippen molar-refractivity contribution in [3.8, 4) is 11.5 Å². The van der Waals surface area contributed by atoms with Crippen LogP contribution in [0.2, 0.25) is 0 Å². The Hall–Kier alpha value is -3.09. The average molecular weight is 355 g/mol. The van der Waals surface area contributed by atoms with Crippen molar-refractivity contribution in [2.75, 3.05) is 32.2 Å².